The maximum Gasteiger partial charge on any atom is 0.129 e. The van der Waals surface area contributed by atoms with Crippen LogP contribution in [0.5, 0.6) is 0 Å². The van der Waals surface area contributed by atoms with Gasteiger partial charge in [-0.15, -0.1) is 0 Å². The molecule has 1 aliphatic carbocycles. The molecule has 0 heterocycles. The van der Waals surface area contributed by atoms with E-state index in [-0.39, 0.29) is 11.9 Å². The van der Waals surface area contributed by atoms with Crippen molar-refractivity contribution in [1.29, 1.82) is 0 Å². The zero-order chi connectivity index (χ0) is 13.5. The van der Waals surface area contributed by atoms with Gasteiger partial charge in [0.25, 0.3) is 0 Å². The van der Waals surface area contributed by atoms with Gasteiger partial charge < -0.3 is 14.8 Å². The van der Waals surface area contributed by atoms with Crippen molar-refractivity contribution in [3.63, 3.8) is 0 Å². The predicted octanol–water partition coefficient (Wildman–Crippen LogP) is 2.67. The maximum atomic E-state index is 13.8. The molecule has 0 aromatic heterocycles. The lowest BCUT2D eigenvalue weighted by molar-refractivity contribution is 0.0366. The number of nitrogens with one attached hydrogen (secondary N) is 1. The fraction of sp³-hybridized carbons (Fsp3) is 0.600. The molecule has 2 rings (SSSR count). The Morgan fingerprint density at radius 3 is 2.79 bits per heavy atom. The number of hydrogen-bond acceptors (Lipinski definition) is 3. The molecule has 1 fully saturated rings. The minimum atomic E-state index is -0.223. The number of ether oxygens (including phenoxy) is 2. The Hall–Kier alpha value is -0.970. The van der Waals surface area contributed by atoms with Gasteiger partial charge in [-0.1, -0.05) is 18.2 Å². The lowest BCUT2D eigenvalue weighted by Crippen LogP contribution is -2.26. The Bertz CT molecular complexity index is 382. The Labute approximate surface area is 114 Å². The van der Waals surface area contributed by atoms with Crippen LogP contribution in [-0.2, 0) is 9.47 Å². The van der Waals surface area contributed by atoms with Crippen molar-refractivity contribution in [3.8, 4) is 0 Å². The van der Waals surface area contributed by atoms with E-state index >= 15 is 0 Å². The highest BCUT2D eigenvalue weighted by Crippen LogP contribution is 2.23. The highest BCUT2D eigenvalue weighted by atomic mass is 19.1. The number of halogens is 1. The Kier molecular flexibility index (Phi) is 5.76. The average molecular weight is 267 g/mol. The van der Waals surface area contributed by atoms with Gasteiger partial charge in [-0.05, 0) is 25.3 Å². The van der Waals surface area contributed by atoms with E-state index < -0.39 is 0 Å². The van der Waals surface area contributed by atoms with Crippen LogP contribution in [0.4, 0.5) is 4.39 Å². The highest BCUT2D eigenvalue weighted by Gasteiger charge is 2.23. The summed E-state index contributed by atoms with van der Waals surface area (Å²) in [6.07, 6.45) is 3.03. The normalized spacial score (nSPS) is 16.5. The lowest BCUT2D eigenvalue weighted by Gasteiger charge is -2.19. The molecule has 1 aliphatic rings. The molecule has 4 heteroatoms. The first-order chi connectivity index (χ1) is 9.31. The van der Waals surface area contributed by atoms with E-state index in [4.69, 9.17) is 9.47 Å². The molecule has 19 heavy (non-hydrogen) atoms. The number of rotatable bonds is 9. The molecule has 0 bridgehead atoms. The summed E-state index contributed by atoms with van der Waals surface area (Å²) in [5.41, 5.74) is 0.632. The molecule has 1 aromatic carbocycles. The van der Waals surface area contributed by atoms with Crippen LogP contribution in [-0.4, -0.2) is 32.9 Å². The fourth-order valence-corrected chi connectivity index (χ4v) is 1.98. The van der Waals surface area contributed by atoms with Gasteiger partial charge in [-0.2, -0.15) is 0 Å². The van der Waals surface area contributed by atoms with Gasteiger partial charge in [0.15, 0.2) is 0 Å². The second-order valence-corrected chi connectivity index (χ2v) is 4.91. The molecular formula is C15H22FNO2. The third-order valence-electron chi connectivity index (χ3n) is 3.23. The van der Waals surface area contributed by atoms with Gasteiger partial charge in [0.05, 0.1) is 6.10 Å². The minimum Gasteiger partial charge on any atom is -0.385 e. The molecule has 1 aromatic rings. The van der Waals surface area contributed by atoms with Crippen molar-refractivity contribution in [2.45, 2.75) is 31.4 Å². The SMILES string of the molecule is COCCCOC(CNC1CC1)c1ccccc1F. The Morgan fingerprint density at radius 1 is 1.32 bits per heavy atom. The first kappa shape index (κ1) is 14.4. The van der Waals surface area contributed by atoms with E-state index in [0.717, 1.165) is 6.42 Å². The lowest BCUT2D eigenvalue weighted by atomic mass is 10.1. The Morgan fingerprint density at radius 2 is 2.11 bits per heavy atom. The quantitative estimate of drug-likeness (QED) is 0.698. The third kappa shape index (κ3) is 4.90. The van der Waals surface area contributed by atoms with Crippen LogP contribution < -0.4 is 5.32 Å². The largest absolute Gasteiger partial charge is 0.385 e. The summed E-state index contributed by atoms with van der Waals surface area (Å²) in [5.74, 6) is -0.197. The standard InChI is InChI=1S/C15H22FNO2/c1-18-9-4-10-19-15(11-17-12-7-8-12)13-5-2-3-6-14(13)16/h2-3,5-6,12,15,17H,4,7-11H2,1H3. The summed E-state index contributed by atoms with van der Waals surface area (Å²) in [6.45, 7) is 1.91. The van der Waals surface area contributed by atoms with Crippen molar-refractivity contribution >= 4 is 0 Å². The van der Waals surface area contributed by atoms with Crippen molar-refractivity contribution < 1.29 is 13.9 Å². The summed E-state index contributed by atoms with van der Waals surface area (Å²) in [4.78, 5) is 0. The van der Waals surface area contributed by atoms with Crippen LogP contribution in [0.25, 0.3) is 0 Å². The average Bonchev–Trinajstić information content (AvgIpc) is 3.23. The highest BCUT2D eigenvalue weighted by molar-refractivity contribution is 5.20. The van der Waals surface area contributed by atoms with E-state index in [1.807, 2.05) is 6.07 Å². The smallest absolute Gasteiger partial charge is 0.129 e. The van der Waals surface area contributed by atoms with Crippen LogP contribution in [0.3, 0.4) is 0 Å². The second kappa shape index (κ2) is 7.58. The van der Waals surface area contributed by atoms with Crippen LogP contribution in [0, 0.1) is 5.82 Å². The molecule has 3 nitrogen and oxygen atoms in total. The van der Waals surface area contributed by atoms with Gasteiger partial charge in [0.1, 0.15) is 5.82 Å². The van der Waals surface area contributed by atoms with Crippen LogP contribution in [0.1, 0.15) is 30.9 Å². The monoisotopic (exact) mass is 267 g/mol. The van der Waals surface area contributed by atoms with Crippen LogP contribution in [0.2, 0.25) is 0 Å². The molecular weight excluding hydrogens is 245 g/mol. The van der Waals surface area contributed by atoms with E-state index in [0.29, 0.717) is 31.4 Å². The number of methoxy groups -OCH3 is 1. The third-order valence-corrected chi connectivity index (χ3v) is 3.23. The first-order valence-corrected chi connectivity index (χ1v) is 6.89. The molecule has 1 saturated carbocycles. The molecule has 0 amide bonds. The predicted molar refractivity (Wildman–Crippen MR) is 72.6 cm³/mol. The van der Waals surface area contributed by atoms with Crippen molar-refractivity contribution in [2.75, 3.05) is 26.9 Å². The zero-order valence-electron chi connectivity index (χ0n) is 11.4. The number of hydrogen-bond donors (Lipinski definition) is 1. The van der Waals surface area contributed by atoms with E-state index in [9.17, 15) is 4.39 Å². The molecule has 1 atom stereocenters. The summed E-state index contributed by atoms with van der Waals surface area (Å²) < 4.78 is 24.6. The zero-order valence-corrected chi connectivity index (χ0v) is 11.4. The molecule has 1 N–H and O–H groups in total. The van der Waals surface area contributed by atoms with E-state index in [1.54, 1.807) is 19.2 Å². The topological polar surface area (TPSA) is 30.5 Å². The van der Waals surface area contributed by atoms with E-state index in [2.05, 4.69) is 5.32 Å². The molecule has 0 spiro atoms. The van der Waals surface area contributed by atoms with Gasteiger partial charge in [-0.25, -0.2) is 4.39 Å². The fourth-order valence-electron chi connectivity index (χ4n) is 1.98. The summed E-state index contributed by atoms with van der Waals surface area (Å²) in [7, 11) is 1.67. The van der Waals surface area contributed by atoms with Gasteiger partial charge in [-0.3, -0.25) is 0 Å². The summed E-state index contributed by atoms with van der Waals surface area (Å²) in [6, 6.07) is 7.43. The van der Waals surface area contributed by atoms with Crippen molar-refractivity contribution in [1.82, 2.24) is 5.32 Å². The van der Waals surface area contributed by atoms with Gasteiger partial charge in [0.2, 0.25) is 0 Å². The first-order valence-electron chi connectivity index (χ1n) is 6.89. The van der Waals surface area contributed by atoms with Crippen molar-refractivity contribution in [3.05, 3.63) is 35.6 Å². The van der Waals surface area contributed by atoms with Gasteiger partial charge in [0, 0.05) is 38.5 Å². The Balaban J connectivity index is 1.90. The van der Waals surface area contributed by atoms with E-state index in [1.165, 1.54) is 18.9 Å². The molecule has 0 aliphatic heterocycles. The summed E-state index contributed by atoms with van der Waals surface area (Å²) >= 11 is 0. The van der Waals surface area contributed by atoms with Crippen LogP contribution in [0.15, 0.2) is 24.3 Å². The van der Waals surface area contributed by atoms with Gasteiger partial charge >= 0.3 is 0 Å². The summed E-state index contributed by atoms with van der Waals surface area (Å²) in [5, 5.41) is 3.40. The molecule has 1 unspecified atom stereocenters. The minimum absolute atomic E-state index is 0.197. The van der Waals surface area contributed by atoms with Crippen LogP contribution >= 0.6 is 0 Å². The van der Waals surface area contributed by atoms with Crippen molar-refractivity contribution in [2.24, 2.45) is 0 Å². The second-order valence-electron chi connectivity index (χ2n) is 4.91. The molecule has 0 radical (unpaired) electrons. The number of benzene rings is 1. The molecule has 106 valence electrons. The maximum absolute atomic E-state index is 13.8. The molecule has 0 saturated heterocycles.